The van der Waals surface area contributed by atoms with Crippen LogP contribution in [0.4, 0.5) is 4.79 Å². The maximum absolute atomic E-state index is 11.8. The number of nitrogens with zero attached hydrogens (tertiary/aromatic N) is 2. The number of carbonyl (C=O) groups is 1. The van der Waals surface area contributed by atoms with E-state index in [0.717, 1.165) is 28.0 Å². The fourth-order valence-electron chi connectivity index (χ4n) is 3.45. The molecule has 0 amide bonds. The van der Waals surface area contributed by atoms with Gasteiger partial charge in [-0.2, -0.15) is 0 Å². The van der Waals surface area contributed by atoms with Crippen LogP contribution in [0.25, 0.3) is 22.2 Å². The summed E-state index contributed by atoms with van der Waals surface area (Å²) in [5.41, 5.74) is 4.51. The lowest BCUT2D eigenvalue weighted by atomic mass is 10.0. The third-order valence-electron chi connectivity index (χ3n) is 4.76. The second-order valence-corrected chi connectivity index (χ2v) is 8.32. The predicted molar refractivity (Wildman–Crippen MR) is 117 cm³/mol. The molecule has 7 heteroatoms. The van der Waals surface area contributed by atoms with Gasteiger partial charge in [-0.25, -0.2) is 9.78 Å². The lowest BCUT2D eigenvalue weighted by Gasteiger charge is -2.11. The average Bonchev–Trinajstić information content (AvgIpc) is 3.05. The normalized spacial score (nSPS) is 12.0. The standard InChI is InChI=1S/C23H20N2O4S/c1-30(28)15-22-24-19-7-3-4-8-20(19)25(22)14-16-10-12-17(13-11-16)18-6-2-5-9-21(18)29-23(26)27/h2-13H,14-15H2,1H3,(H,26,27). The molecule has 4 aromatic rings. The van der Waals surface area contributed by atoms with Gasteiger partial charge in [0.25, 0.3) is 0 Å². The largest absolute Gasteiger partial charge is 0.511 e. The number of hydrogen-bond acceptors (Lipinski definition) is 4. The number of aromatic nitrogens is 2. The van der Waals surface area contributed by atoms with Crippen molar-refractivity contribution in [3.63, 3.8) is 0 Å². The van der Waals surface area contributed by atoms with Crippen LogP contribution in [0.1, 0.15) is 11.4 Å². The van der Waals surface area contributed by atoms with E-state index in [9.17, 15) is 9.00 Å². The van der Waals surface area contributed by atoms with E-state index in [1.807, 2.05) is 60.7 Å². The summed E-state index contributed by atoms with van der Waals surface area (Å²) in [6, 6.07) is 22.8. The highest BCUT2D eigenvalue weighted by atomic mass is 32.2. The summed E-state index contributed by atoms with van der Waals surface area (Å²) in [5, 5.41) is 8.95. The van der Waals surface area contributed by atoms with Crippen molar-refractivity contribution >= 4 is 28.0 Å². The predicted octanol–water partition coefficient (Wildman–Crippen LogP) is 4.69. The van der Waals surface area contributed by atoms with Crippen molar-refractivity contribution in [1.82, 2.24) is 9.55 Å². The van der Waals surface area contributed by atoms with Crippen molar-refractivity contribution in [1.29, 1.82) is 0 Å². The average molecular weight is 420 g/mol. The van der Waals surface area contributed by atoms with E-state index in [1.54, 1.807) is 18.4 Å². The molecular weight excluding hydrogens is 400 g/mol. The van der Waals surface area contributed by atoms with Crippen LogP contribution in [-0.2, 0) is 23.1 Å². The monoisotopic (exact) mass is 420 g/mol. The molecule has 1 heterocycles. The summed E-state index contributed by atoms with van der Waals surface area (Å²) >= 11 is 0. The Kier molecular flexibility index (Phi) is 5.63. The Bertz CT molecular complexity index is 1230. The fourth-order valence-corrected chi connectivity index (χ4v) is 4.04. The molecule has 3 aromatic carbocycles. The first-order chi connectivity index (χ1) is 14.5. The molecule has 0 radical (unpaired) electrons. The minimum absolute atomic E-state index is 0.297. The molecule has 6 nitrogen and oxygen atoms in total. The number of imidazole rings is 1. The first-order valence-electron chi connectivity index (χ1n) is 9.34. The number of fused-ring (bicyclic) bond motifs is 1. The summed E-state index contributed by atoms with van der Waals surface area (Å²) in [7, 11) is -0.993. The fraction of sp³-hybridized carbons (Fsp3) is 0.130. The van der Waals surface area contributed by atoms with Crippen molar-refractivity contribution in [2.45, 2.75) is 12.3 Å². The van der Waals surface area contributed by atoms with Crippen LogP contribution in [0.15, 0.2) is 72.8 Å². The number of ether oxygens (including phenoxy) is 1. The van der Waals surface area contributed by atoms with E-state index >= 15 is 0 Å². The van der Waals surface area contributed by atoms with E-state index in [4.69, 9.17) is 9.84 Å². The van der Waals surface area contributed by atoms with Gasteiger partial charge in [-0.05, 0) is 29.3 Å². The lowest BCUT2D eigenvalue weighted by Crippen LogP contribution is -2.07. The zero-order valence-corrected chi connectivity index (χ0v) is 17.1. The Morgan fingerprint density at radius 1 is 1.03 bits per heavy atom. The minimum atomic E-state index is -1.34. The van der Waals surface area contributed by atoms with Gasteiger partial charge in [0.05, 0.1) is 16.8 Å². The molecule has 0 aliphatic rings. The third-order valence-corrected chi connectivity index (χ3v) is 5.42. The molecular formula is C23H20N2O4S. The van der Waals surface area contributed by atoms with Crippen LogP contribution < -0.4 is 4.74 Å². The molecule has 1 aromatic heterocycles. The zero-order valence-electron chi connectivity index (χ0n) is 16.3. The van der Waals surface area contributed by atoms with Gasteiger partial charge >= 0.3 is 6.16 Å². The van der Waals surface area contributed by atoms with Crippen molar-refractivity contribution in [2.75, 3.05) is 6.26 Å². The van der Waals surface area contributed by atoms with E-state index in [1.165, 1.54) is 0 Å². The Morgan fingerprint density at radius 3 is 2.47 bits per heavy atom. The molecule has 4 rings (SSSR count). The summed E-state index contributed by atoms with van der Waals surface area (Å²) in [5.74, 6) is 1.49. The molecule has 0 fully saturated rings. The molecule has 0 bridgehead atoms. The van der Waals surface area contributed by atoms with Crippen LogP contribution in [0.5, 0.6) is 5.75 Å². The topological polar surface area (TPSA) is 81.4 Å². The smallest absolute Gasteiger partial charge is 0.449 e. The summed E-state index contributed by atoms with van der Waals surface area (Å²) in [4.78, 5) is 15.6. The van der Waals surface area contributed by atoms with Gasteiger partial charge in [0.15, 0.2) is 0 Å². The Labute approximate surface area is 176 Å². The lowest BCUT2D eigenvalue weighted by molar-refractivity contribution is 0.144. The van der Waals surface area contributed by atoms with Gasteiger partial charge in [-0.15, -0.1) is 0 Å². The van der Waals surface area contributed by atoms with Crippen molar-refractivity contribution in [3.05, 3.63) is 84.2 Å². The Morgan fingerprint density at radius 2 is 1.73 bits per heavy atom. The first-order valence-corrected chi connectivity index (χ1v) is 11.1. The number of benzene rings is 3. The molecule has 1 atom stereocenters. The highest BCUT2D eigenvalue weighted by Gasteiger charge is 2.13. The molecule has 0 aliphatic heterocycles. The molecule has 0 saturated carbocycles. The van der Waals surface area contributed by atoms with Crippen LogP contribution in [-0.4, -0.2) is 31.3 Å². The molecule has 1 N–H and O–H groups in total. The van der Waals surface area contributed by atoms with Crippen LogP contribution >= 0.6 is 0 Å². The molecule has 152 valence electrons. The number of rotatable bonds is 6. The maximum Gasteiger partial charge on any atom is 0.511 e. The van der Waals surface area contributed by atoms with E-state index in [-0.39, 0.29) is 0 Å². The second-order valence-electron chi connectivity index (χ2n) is 6.88. The molecule has 0 spiro atoms. The minimum Gasteiger partial charge on any atom is -0.449 e. The van der Waals surface area contributed by atoms with Crippen molar-refractivity contribution < 1.29 is 18.8 Å². The second kappa shape index (κ2) is 8.51. The highest BCUT2D eigenvalue weighted by molar-refractivity contribution is 7.83. The van der Waals surface area contributed by atoms with E-state index < -0.39 is 17.0 Å². The van der Waals surface area contributed by atoms with Gasteiger partial charge < -0.3 is 14.4 Å². The van der Waals surface area contributed by atoms with Gasteiger partial charge in [-0.1, -0.05) is 54.6 Å². The molecule has 1 unspecified atom stereocenters. The summed E-state index contributed by atoms with van der Waals surface area (Å²) in [6.45, 7) is 0.598. The van der Waals surface area contributed by atoms with E-state index in [2.05, 4.69) is 9.55 Å². The quantitative estimate of drug-likeness (QED) is 0.362. The number of carboxylic acid groups (broad SMARTS) is 1. The SMILES string of the molecule is CS(=O)Cc1nc2ccccc2n1Cc1ccc(-c2ccccc2OC(=O)O)cc1. The molecule has 0 aliphatic carbocycles. The molecule has 30 heavy (non-hydrogen) atoms. The van der Waals surface area contributed by atoms with Crippen LogP contribution in [0.2, 0.25) is 0 Å². The summed E-state index contributed by atoms with van der Waals surface area (Å²) in [6.07, 6.45) is 0.335. The van der Waals surface area contributed by atoms with Gasteiger partial charge in [0.1, 0.15) is 11.6 Å². The zero-order chi connectivity index (χ0) is 21.1. The van der Waals surface area contributed by atoms with Gasteiger partial charge in [0, 0.05) is 29.2 Å². The molecule has 0 saturated heterocycles. The van der Waals surface area contributed by atoms with Crippen LogP contribution in [0, 0.1) is 0 Å². The Hall–Kier alpha value is -3.45. The highest BCUT2D eigenvalue weighted by Crippen LogP contribution is 2.30. The Balaban J connectivity index is 1.65. The third kappa shape index (κ3) is 4.26. The number of hydrogen-bond donors (Lipinski definition) is 1. The van der Waals surface area contributed by atoms with Crippen molar-refractivity contribution in [2.24, 2.45) is 0 Å². The first kappa shape index (κ1) is 19.8. The summed E-state index contributed by atoms with van der Waals surface area (Å²) < 4.78 is 18.8. The van der Waals surface area contributed by atoms with Gasteiger partial charge in [-0.3, -0.25) is 4.21 Å². The van der Waals surface area contributed by atoms with Gasteiger partial charge in [0.2, 0.25) is 0 Å². The maximum atomic E-state index is 11.8. The van der Waals surface area contributed by atoms with Crippen molar-refractivity contribution in [3.8, 4) is 16.9 Å². The van der Waals surface area contributed by atoms with Crippen LogP contribution in [0.3, 0.4) is 0 Å². The number of para-hydroxylation sites is 3. The van der Waals surface area contributed by atoms with E-state index in [0.29, 0.717) is 23.6 Å².